The van der Waals surface area contributed by atoms with E-state index in [1.54, 1.807) is 19.4 Å². The molecule has 0 saturated heterocycles. The summed E-state index contributed by atoms with van der Waals surface area (Å²) < 4.78 is 19.2. The first kappa shape index (κ1) is 17.3. The molecule has 0 aliphatic heterocycles. The van der Waals surface area contributed by atoms with E-state index in [9.17, 15) is 9.18 Å². The molecule has 3 aromatic rings. The molecule has 0 amide bonds. The highest BCUT2D eigenvalue weighted by Crippen LogP contribution is 2.37. The summed E-state index contributed by atoms with van der Waals surface area (Å²) in [5, 5.41) is 10.0. The van der Waals surface area contributed by atoms with Crippen LogP contribution in [0.1, 0.15) is 25.0 Å². The standard InChI is InChI=1S/C21H19FN2O3/c1-27-19-7-6-14(22)10-16(19)15-8-9-23-20-17(15)11-18(24-20)12-2-4-13(5-3-12)21(25)26/h2,6-11,13H,3-5H2,1H3,(H,23,24)(H,25,26). The van der Waals surface area contributed by atoms with E-state index < -0.39 is 5.97 Å². The molecule has 0 saturated carbocycles. The number of carboxylic acids is 1. The predicted molar refractivity (Wildman–Crippen MR) is 101 cm³/mol. The maximum Gasteiger partial charge on any atom is 0.306 e. The molecule has 1 unspecified atom stereocenters. The molecule has 0 fully saturated rings. The zero-order valence-electron chi connectivity index (χ0n) is 14.8. The Labute approximate surface area is 155 Å². The number of halogens is 1. The van der Waals surface area contributed by atoms with Gasteiger partial charge in [-0.1, -0.05) is 6.08 Å². The summed E-state index contributed by atoms with van der Waals surface area (Å²) in [4.78, 5) is 18.8. The average molecular weight is 366 g/mol. The quantitative estimate of drug-likeness (QED) is 0.705. The first-order chi connectivity index (χ1) is 13.1. The number of carbonyl (C=O) groups is 1. The van der Waals surface area contributed by atoms with Crippen molar-refractivity contribution in [2.75, 3.05) is 7.11 Å². The number of H-pyrrole nitrogens is 1. The number of methoxy groups -OCH3 is 1. The third-order valence-electron chi connectivity index (χ3n) is 5.09. The maximum atomic E-state index is 13.8. The highest BCUT2D eigenvalue weighted by Gasteiger charge is 2.22. The molecule has 2 heterocycles. The fourth-order valence-electron chi connectivity index (χ4n) is 3.63. The van der Waals surface area contributed by atoms with Crippen molar-refractivity contribution < 1.29 is 19.0 Å². The van der Waals surface area contributed by atoms with Gasteiger partial charge in [-0.15, -0.1) is 0 Å². The molecule has 5 nitrogen and oxygen atoms in total. The van der Waals surface area contributed by atoms with Crippen LogP contribution in [0, 0.1) is 11.7 Å². The highest BCUT2D eigenvalue weighted by molar-refractivity contribution is 5.96. The summed E-state index contributed by atoms with van der Waals surface area (Å²) >= 11 is 0. The van der Waals surface area contributed by atoms with Gasteiger partial charge in [0.2, 0.25) is 0 Å². The Morgan fingerprint density at radius 2 is 2.15 bits per heavy atom. The minimum absolute atomic E-state index is 0.316. The van der Waals surface area contributed by atoms with Crippen molar-refractivity contribution in [2.45, 2.75) is 19.3 Å². The Hall–Kier alpha value is -3.15. The predicted octanol–water partition coefficient (Wildman–Crippen LogP) is 4.65. The molecule has 1 aliphatic rings. The molecule has 6 heteroatoms. The van der Waals surface area contributed by atoms with Crippen LogP contribution in [0.5, 0.6) is 5.75 Å². The minimum Gasteiger partial charge on any atom is -0.496 e. The van der Waals surface area contributed by atoms with E-state index in [0.717, 1.165) is 22.2 Å². The fraction of sp³-hybridized carbons (Fsp3) is 0.238. The zero-order valence-corrected chi connectivity index (χ0v) is 14.8. The van der Waals surface area contributed by atoms with E-state index in [2.05, 4.69) is 9.97 Å². The van der Waals surface area contributed by atoms with Gasteiger partial charge in [0, 0.05) is 22.8 Å². The molecule has 138 valence electrons. The van der Waals surface area contributed by atoms with Gasteiger partial charge in [-0.05, 0) is 60.7 Å². The van der Waals surface area contributed by atoms with Crippen LogP contribution in [0.3, 0.4) is 0 Å². The van der Waals surface area contributed by atoms with Crippen LogP contribution in [0.15, 0.2) is 42.6 Å². The smallest absolute Gasteiger partial charge is 0.306 e. The Balaban J connectivity index is 1.78. The summed E-state index contributed by atoms with van der Waals surface area (Å²) in [6, 6.07) is 8.27. The maximum absolute atomic E-state index is 13.8. The van der Waals surface area contributed by atoms with Gasteiger partial charge in [-0.25, -0.2) is 9.37 Å². The number of nitrogens with one attached hydrogen (secondary N) is 1. The lowest BCUT2D eigenvalue weighted by molar-refractivity contribution is -0.141. The summed E-state index contributed by atoms with van der Waals surface area (Å²) in [5.74, 6) is -0.804. The molecule has 2 N–H and O–H groups in total. The third kappa shape index (κ3) is 3.18. The Bertz CT molecular complexity index is 1050. The number of aromatic amines is 1. The van der Waals surface area contributed by atoms with Crippen LogP contribution in [-0.2, 0) is 4.79 Å². The average Bonchev–Trinajstić information content (AvgIpc) is 3.12. The molecular formula is C21H19FN2O3. The molecule has 1 aliphatic carbocycles. The number of carboxylic acid groups (broad SMARTS) is 1. The van der Waals surface area contributed by atoms with Crippen LogP contribution in [0.4, 0.5) is 4.39 Å². The van der Waals surface area contributed by atoms with Crippen molar-refractivity contribution in [3.63, 3.8) is 0 Å². The van der Waals surface area contributed by atoms with Gasteiger partial charge in [0.25, 0.3) is 0 Å². The number of benzene rings is 1. The molecule has 2 aromatic heterocycles. The second-order valence-electron chi connectivity index (χ2n) is 6.69. The summed E-state index contributed by atoms with van der Waals surface area (Å²) in [7, 11) is 1.56. The van der Waals surface area contributed by atoms with Gasteiger partial charge in [0.15, 0.2) is 0 Å². The van der Waals surface area contributed by atoms with Crippen molar-refractivity contribution in [1.82, 2.24) is 9.97 Å². The van der Waals surface area contributed by atoms with Crippen LogP contribution < -0.4 is 4.74 Å². The largest absolute Gasteiger partial charge is 0.496 e. The van der Waals surface area contributed by atoms with E-state index in [1.165, 1.54) is 12.1 Å². The van der Waals surface area contributed by atoms with Crippen molar-refractivity contribution in [1.29, 1.82) is 0 Å². The van der Waals surface area contributed by atoms with Crippen LogP contribution in [0.2, 0.25) is 0 Å². The van der Waals surface area contributed by atoms with Crippen molar-refractivity contribution in [2.24, 2.45) is 5.92 Å². The third-order valence-corrected chi connectivity index (χ3v) is 5.09. The first-order valence-corrected chi connectivity index (χ1v) is 8.80. The van der Waals surface area contributed by atoms with Gasteiger partial charge >= 0.3 is 5.97 Å². The molecule has 1 atom stereocenters. The first-order valence-electron chi connectivity index (χ1n) is 8.80. The number of aromatic nitrogens is 2. The summed E-state index contributed by atoms with van der Waals surface area (Å²) in [5.41, 5.74) is 4.21. The van der Waals surface area contributed by atoms with Gasteiger partial charge in [-0.3, -0.25) is 4.79 Å². The number of hydrogen-bond acceptors (Lipinski definition) is 3. The van der Waals surface area contributed by atoms with Gasteiger partial charge in [-0.2, -0.15) is 0 Å². The van der Waals surface area contributed by atoms with E-state index >= 15 is 0 Å². The monoisotopic (exact) mass is 366 g/mol. The number of aliphatic carboxylic acids is 1. The van der Waals surface area contributed by atoms with E-state index in [1.807, 2.05) is 18.2 Å². The van der Waals surface area contributed by atoms with E-state index in [-0.39, 0.29) is 11.7 Å². The van der Waals surface area contributed by atoms with Crippen LogP contribution in [0.25, 0.3) is 27.7 Å². The second kappa shape index (κ2) is 6.87. The van der Waals surface area contributed by atoms with Crippen molar-refractivity contribution in [3.05, 3.63) is 54.1 Å². The Kier molecular flexibility index (Phi) is 4.39. The summed E-state index contributed by atoms with van der Waals surface area (Å²) in [6.07, 6.45) is 5.50. The van der Waals surface area contributed by atoms with Gasteiger partial charge in [0.1, 0.15) is 17.2 Å². The number of rotatable bonds is 4. The second-order valence-corrected chi connectivity index (χ2v) is 6.69. The molecule has 0 radical (unpaired) electrons. The number of nitrogens with zero attached hydrogens (tertiary/aromatic N) is 1. The van der Waals surface area contributed by atoms with Crippen LogP contribution >= 0.6 is 0 Å². The van der Waals surface area contributed by atoms with E-state index in [4.69, 9.17) is 9.84 Å². The lowest BCUT2D eigenvalue weighted by atomic mass is 9.88. The van der Waals surface area contributed by atoms with Crippen LogP contribution in [-0.4, -0.2) is 28.2 Å². The Morgan fingerprint density at radius 3 is 2.85 bits per heavy atom. The molecule has 4 rings (SSSR count). The molecule has 1 aromatic carbocycles. The van der Waals surface area contributed by atoms with E-state index in [0.29, 0.717) is 36.2 Å². The van der Waals surface area contributed by atoms with Crippen molar-refractivity contribution in [3.8, 4) is 16.9 Å². The number of ether oxygens (including phenoxy) is 1. The summed E-state index contributed by atoms with van der Waals surface area (Å²) in [6.45, 7) is 0. The van der Waals surface area contributed by atoms with Crippen molar-refractivity contribution >= 4 is 22.6 Å². The molecular weight excluding hydrogens is 347 g/mol. The SMILES string of the molecule is COc1ccc(F)cc1-c1ccnc2[nH]c(C3=CCC(C(=O)O)CC3)cc12. The molecule has 0 spiro atoms. The lowest BCUT2D eigenvalue weighted by Crippen LogP contribution is -2.15. The number of allylic oxidation sites excluding steroid dienone is 2. The lowest BCUT2D eigenvalue weighted by Gasteiger charge is -2.17. The number of pyridine rings is 1. The van der Waals surface area contributed by atoms with Gasteiger partial charge < -0.3 is 14.8 Å². The number of hydrogen-bond donors (Lipinski definition) is 2. The molecule has 0 bridgehead atoms. The van der Waals surface area contributed by atoms with Gasteiger partial charge in [0.05, 0.1) is 13.0 Å². The minimum atomic E-state index is -0.746. The fourth-order valence-corrected chi connectivity index (χ4v) is 3.63. The normalized spacial score (nSPS) is 17.0. The zero-order chi connectivity index (χ0) is 19.0. The highest BCUT2D eigenvalue weighted by atomic mass is 19.1. The topological polar surface area (TPSA) is 75.2 Å². The Morgan fingerprint density at radius 1 is 1.30 bits per heavy atom. The molecule has 27 heavy (non-hydrogen) atoms. The number of fused-ring (bicyclic) bond motifs is 1.